The normalized spacial score (nSPS) is 11.1. The monoisotopic (exact) mass is 386 g/mol. The van der Waals surface area contributed by atoms with Crippen molar-refractivity contribution in [2.24, 2.45) is 0 Å². The summed E-state index contributed by atoms with van der Waals surface area (Å²) in [6, 6.07) is 4.96. The van der Waals surface area contributed by atoms with Gasteiger partial charge in [0, 0.05) is 17.5 Å². The van der Waals surface area contributed by atoms with Crippen LogP contribution in [-0.4, -0.2) is 26.4 Å². The summed E-state index contributed by atoms with van der Waals surface area (Å²) in [6.07, 6.45) is 0.984. The molecule has 0 saturated carbocycles. The van der Waals surface area contributed by atoms with Gasteiger partial charge in [-0.2, -0.15) is 0 Å². The number of hydrogen-bond donors (Lipinski definition) is 1. The quantitative estimate of drug-likeness (QED) is 0.690. The fraction of sp³-hybridized carbons (Fsp3) is 0.438. The van der Waals surface area contributed by atoms with E-state index in [2.05, 4.69) is 40.9 Å². The van der Waals surface area contributed by atoms with E-state index in [4.69, 9.17) is 23.2 Å². The molecule has 0 fully saturated rings. The Morgan fingerprint density at radius 3 is 2.71 bits per heavy atom. The summed E-state index contributed by atoms with van der Waals surface area (Å²) < 4.78 is 2.08. The molecule has 1 aromatic heterocycles. The second-order valence-electron chi connectivity index (χ2n) is 5.61. The standard InChI is InChI=1S/C16H20Cl2N4OS/c1-4-7-22-15(10(2)3)20-21-16(22)24-9-14(23)19-13-6-5-11(17)8-12(13)18/h5-6,8,10H,4,7,9H2,1-3H3,(H,19,23). The number of thioether (sulfide) groups is 1. The molecule has 1 amide bonds. The number of carbonyl (C=O) groups is 1. The largest absolute Gasteiger partial charge is 0.324 e. The molecule has 0 aliphatic rings. The highest BCUT2D eigenvalue weighted by Gasteiger charge is 2.16. The molecule has 1 aromatic carbocycles. The number of nitrogens with zero attached hydrogens (tertiary/aromatic N) is 3. The first-order valence-corrected chi connectivity index (χ1v) is 9.47. The molecule has 1 N–H and O–H groups in total. The molecule has 0 unspecified atom stereocenters. The lowest BCUT2D eigenvalue weighted by Gasteiger charge is -2.11. The molecular formula is C16H20Cl2N4OS. The third-order valence-electron chi connectivity index (χ3n) is 3.25. The Bertz CT molecular complexity index is 718. The Kier molecular flexibility index (Phi) is 6.95. The van der Waals surface area contributed by atoms with Gasteiger partial charge in [-0.1, -0.05) is 55.7 Å². The molecular weight excluding hydrogens is 367 g/mol. The lowest BCUT2D eigenvalue weighted by molar-refractivity contribution is -0.113. The van der Waals surface area contributed by atoms with Crippen LogP contribution >= 0.6 is 35.0 Å². The smallest absolute Gasteiger partial charge is 0.234 e. The van der Waals surface area contributed by atoms with Crippen LogP contribution < -0.4 is 5.32 Å². The molecule has 0 atom stereocenters. The van der Waals surface area contributed by atoms with Crippen molar-refractivity contribution >= 4 is 46.6 Å². The van der Waals surface area contributed by atoms with Gasteiger partial charge in [-0.25, -0.2) is 0 Å². The molecule has 0 aliphatic heterocycles. The lowest BCUT2D eigenvalue weighted by Crippen LogP contribution is -2.15. The van der Waals surface area contributed by atoms with E-state index in [0.717, 1.165) is 23.9 Å². The van der Waals surface area contributed by atoms with E-state index >= 15 is 0 Å². The summed E-state index contributed by atoms with van der Waals surface area (Å²) in [6.45, 7) is 7.11. The van der Waals surface area contributed by atoms with Crippen molar-refractivity contribution in [1.82, 2.24) is 14.8 Å². The maximum absolute atomic E-state index is 12.2. The topological polar surface area (TPSA) is 59.8 Å². The number of nitrogens with one attached hydrogen (secondary N) is 1. The zero-order valence-electron chi connectivity index (χ0n) is 13.8. The molecule has 0 spiro atoms. The summed E-state index contributed by atoms with van der Waals surface area (Å²) >= 11 is 13.3. The molecule has 0 saturated heterocycles. The van der Waals surface area contributed by atoms with Crippen LogP contribution in [0.1, 0.15) is 38.9 Å². The molecule has 130 valence electrons. The van der Waals surface area contributed by atoms with Crippen molar-refractivity contribution in [3.05, 3.63) is 34.1 Å². The predicted molar refractivity (Wildman–Crippen MR) is 100 cm³/mol. The SMILES string of the molecule is CCCn1c(SCC(=O)Nc2ccc(Cl)cc2Cl)nnc1C(C)C. The molecule has 5 nitrogen and oxygen atoms in total. The first-order chi connectivity index (χ1) is 11.4. The van der Waals surface area contributed by atoms with Crippen molar-refractivity contribution < 1.29 is 4.79 Å². The maximum atomic E-state index is 12.2. The van der Waals surface area contributed by atoms with E-state index in [1.807, 2.05) is 0 Å². The minimum Gasteiger partial charge on any atom is -0.324 e. The molecule has 2 rings (SSSR count). The molecule has 8 heteroatoms. The summed E-state index contributed by atoms with van der Waals surface area (Å²) in [4.78, 5) is 12.2. The van der Waals surface area contributed by atoms with E-state index in [9.17, 15) is 4.79 Å². The van der Waals surface area contributed by atoms with Crippen LogP contribution in [0.15, 0.2) is 23.4 Å². The molecule has 24 heavy (non-hydrogen) atoms. The fourth-order valence-corrected chi connectivity index (χ4v) is 3.40. The van der Waals surface area contributed by atoms with E-state index in [0.29, 0.717) is 21.7 Å². The Morgan fingerprint density at radius 1 is 1.33 bits per heavy atom. The average Bonchev–Trinajstić information content (AvgIpc) is 2.91. The first kappa shape index (κ1) is 19.1. The highest BCUT2D eigenvalue weighted by Crippen LogP contribution is 2.26. The predicted octanol–water partition coefficient (Wildman–Crippen LogP) is 4.85. The van der Waals surface area contributed by atoms with Gasteiger partial charge in [0.1, 0.15) is 5.82 Å². The van der Waals surface area contributed by atoms with Crippen molar-refractivity contribution in [2.45, 2.75) is 44.8 Å². The molecule has 0 aliphatic carbocycles. The van der Waals surface area contributed by atoms with Crippen molar-refractivity contribution in [3.63, 3.8) is 0 Å². The summed E-state index contributed by atoms with van der Waals surface area (Å²) in [7, 11) is 0. The number of rotatable bonds is 7. The van der Waals surface area contributed by atoms with E-state index in [1.54, 1.807) is 18.2 Å². The van der Waals surface area contributed by atoms with Gasteiger partial charge in [0.2, 0.25) is 5.91 Å². The second-order valence-corrected chi connectivity index (χ2v) is 7.39. The van der Waals surface area contributed by atoms with Gasteiger partial charge in [-0.3, -0.25) is 4.79 Å². The van der Waals surface area contributed by atoms with Gasteiger partial charge in [-0.15, -0.1) is 10.2 Å². The van der Waals surface area contributed by atoms with Gasteiger partial charge in [-0.05, 0) is 24.6 Å². The summed E-state index contributed by atoms with van der Waals surface area (Å²) in [5.41, 5.74) is 0.546. The highest BCUT2D eigenvalue weighted by molar-refractivity contribution is 7.99. The number of benzene rings is 1. The average molecular weight is 387 g/mol. The van der Waals surface area contributed by atoms with Crippen LogP contribution in [0.2, 0.25) is 10.0 Å². The third kappa shape index (κ3) is 4.88. The fourth-order valence-electron chi connectivity index (χ4n) is 2.17. The molecule has 0 bridgehead atoms. The van der Waals surface area contributed by atoms with E-state index in [1.165, 1.54) is 11.8 Å². The molecule has 0 radical (unpaired) electrons. The van der Waals surface area contributed by atoms with Crippen LogP contribution in [0, 0.1) is 0 Å². The minimum absolute atomic E-state index is 0.152. The van der Waals surface area contributed by atoms with Crippen molar-refractivity contribution in [1.29, 1.82) is 0 Å². The Morgan fingerprint density at radius 2 is 2.08 bits per heavy atom. The number of aromatic nitrogens is 3. The number of halogens is 2. The van der Waals surface area contributed by atoms with Gasteiger partial charge < -0.3 is 9.88 Å². The zero-order valence-corrected chi connectivity index (χ0v) is 16.2. The summed E-state index contributed by atoms with van der Waals surface area (Å²) in [5.74, 6) is 1.32. The van der Waals surface area contributed by atoms with Crippen LogP contribution in [0.25, 0.3) is 0 Å². The lowest BCUT2D eigenvalue weighted by atomic mass is 10.2. The highest BCUT2D eigenvalue weighted by atomic mass is 35.5. The Balaban J connectivity index is 2.01. The molecule has 1 heterocycles. The van der Waals surface area contributed by atoms with Gasteiger partial charge >= 0.3 is 0 Å². The Labute approximate surface area is 156 Å². The van der Waals surface area contributed by atoms with Crippen molar-refractivity contribution in [2.75, 3.05) is 11.1 Å². The molecule has 2 aromatic rings. The van der Waals surface area contributed by atoms with E-state index < -0.39 is 0 Å². The van der Waals surface area contributed by atoms with Gasteiger partial charge in [0.15, 0.2) is 5.16 Å². The number of amides is 1. The number of hydrogen-bond acceptors (Lipinski definition) is 4. The van der Waals surface area contributed by atoms with Crippen LogP contribution in [-0.2, 0) is 11.3 Å². The third-order valence-corrected chi connectivity index (χ3v) is 4.76. The zero-order chi connectivity index (χ0) is 17.7. The van der Waals surface area contributed by atoms with Gasteiger partial charge in [0.05, 0.1) is 16.5 Å². The summed E-state index contributed by atoms with van der Waals surface area (Å²) in [5, 5.41) is 12.9. The van der Waals surface area contributed by atoms with Crippen LogP contribution in [0.5, 0.6) is 0 Å². The first-order valence-electron chi connectivity index (χ1n) is 7.73. The maximum Gasteiger partial charge on any atom is 0.234 e. The van der Waals surface area contributed by atoms with Crippen LogP contribution in [0.3, 0.4) is 0 Å². The Hall–Kier alpha value is -1.24. The second kappa shape index (κ2) is 8.74. The van der Waals surface area contributed by atoms with E-state index in [-0.39, 0.29) is 11.7 Å². The van der Waals surface area contributed by atoms with Crippen LogP contribution in [0.4, 0.5) is 5.69 Å². The number of anilines is 1. The van der Waals surface area contributed by atoms with Gasteiger partial charge in [0.25, 0.3) is 0 Å². The number of carbonyl (C=O) groups excluding carboxylic acids is 1. The van der Waals surface area contributed by atoms with Crippen molar-refractivity contribution in [3.8, 4) is 0 Å². The minimum atomic E-state index is -0.152.